The van der Waals surface area contributed by atoms with Crippen LogP contribution in [0.25, 0.3) is 0 Å². The van der Waals surface area contributed by atoms with E-state index in [0.29, 0.717) is 0 Å². The smallest absolute Gasteiger partial charge is 0.244 e. The lowest BCUT2D eigenvalue weighted by Gasteiger charge is -2.32. The number of carbonyl (C=O) groups is 1. The van der Waals surface area contributed by atoms with Gasteiger partial charge in [-0.05, 0) is 30.4 Å². The lowest BCUT2D eigenvalue weighted by Crippen LogP contribution is -2.48. The first-order chi connectivity index (χ1) is 8.11. The third-order valence-corrected chi connectivity index (χ3v) is 3.38. The number of rotatable bonds is 2. The maximum Gasteiger partial charge on any atom is 0.244 e. The number of hydrogen-bond donors (Lipinski definition) is 1. The molecule has 0 spiro atoms. The Balaban J connectivity index is 2.27. The Morgan fingerprint density at radius 3 is 2.76 bits per heavy atom. The minimum absolute atomic E-state index is 0.0483. The quantitative estimate of drug-likeness (QED) is 0.847. The summed E-state index contributed by atoms with van der Waals surface area (Å²) in [5.74, 6) is 0.226. The maximum absolute atomic E-state index is 12.3. The van der Waals surface area contributed by atoms with Crippen molar-refractivity contribution in [1.29, 1.82) is 0 Å². The van der Waals surface area contributed by atoms with E-state index in [1.54, 1.807) is 0 Å². The number of hydrogen-bond acceptors (Lipinski definition) is 2. The molecular formula is C14H20N2O. The standard InChI is InChI=1S/C14H20N2O/c1-10(2)13(15)14(17)16-9-5-7-11-6-3-4-8-12(11)16/h3-4,6,8,10,13H,5,7,9,15H2,1-2H3/t13-/m1/s1. The number of fused-ring (bicyclic) bond motifs is 1. The van der Waals surface area contributed by atoms with Crippen molar-refractivity contribution < 1.29 is 4.79 Å². The van der Waals surface area contributed by atoms with E-state index < -0.39 is 6.04 Å². The first-order valence-electron chi connectivity index (χ1n) is 6.26. The van der Waals surface area contributed by atoms with Crippen molar-refractivity contribution in [2.45, 2.75) is 32.7 Å². The van der Waals surface area contributed by atoms with E-state index in [-0.39, 0.29) is 11.8 Å². The molecule has 17 heavy (non-hydrogen) atoms. The summed E-state index contributed by atoms with van der Waals surface area (Å²) in [5.41, 5.74) is 8.25. The summed E-state index contributed by atoms with van der Waals surface area (Å²) in [7, 11) is 0. The van der Waals surface area contributed by atoms with Crippen LogP contribution in [0.4, 0.5) is 5.69 Å². The van der Waals surface area contributed by atoms with Crippen LogP contribution in [0, 0.1) is 5.92 Å². The SMILES string of the molecule is CC(C)[C@@H](N)C(=O)N1CCCc2ccccc21. The maximum atomic E-state index is 12.3. The largest absolute Gasteiger partial charge is 0.320 e. The summed E-state index contributed by atoms with van der Waals surface area (Å²) in [6, 6.07) is 7.71. The molecule has 0 saturated carbocycles. The van der Waals surface area contributed by atoms with Gasteiger partial charge in [-0.15, -0.1) is 0 Å². The minimum Gasteiger partial charge on any atom is -0.320 e. The van der Waals surface area contributed by atoms with Gasteiger partial charge in [0.15, 0.2) is 0 Å². The molecule has 0 radical (unpaired) electrons. The van der Waals surface area contributed by atoms with Crippen LogP contribution in [0.1, 0.15) is 25.8 Å². The molecule has 1 aliphatic rings. The average molecular weight is 232 g/mol. The predicted molar refractivity (Wildman–Crippen MR) is 69.9 cm³/mol. The van der Waals surface area contributed by atoms with Gasteiger partial charge < -0.3 is 10.6 Å². The fraction of sp³-hybridized carbons (Fsp3) is 0.500. The zero-order valence-electron chi connectivity index (χ0n) is 10.5. The third kappa shape index (κ3) is 2.34. The Bertz CT molecular complexity index is 414. The van der Waals surface area contributed by atoms with Crippen LogP contribution in [-0.2, 0) is 11.2 Å². The lowest BCUT2D eigenvalue weighted by atomic mass is 9.98. The van der Waals surface area contributed by atoms with Crippen molar-refractivity contribution in [3.63, 3.8) is 0 Å². The minimum atomic E-state index is -0.402. The van der Waals surface area contributed by atoms with Gasteiger partial charge in [-0.2, -0.15) is 0 Å². The van der Waals surface area contributed by atoms with Gasteiger partial charge in [0.05, 0.1) is 6.04 Å². The molecule has 0 unspecified atom stereocenters. The summed E-state index contributed by atoms with van der Waals surface area (Å²) < 4.78 is 0. The molecule has 0 fully saturated rings. The zero-order chi connectivity index (χ0) is 12.4. The van der Waals surface area contributed by atoms with Gasteiger partial charge >= 0.3 is 0 Å². The number of nitrogens with zero attached hydrogens (tertiary/aromatic N) is 1. The van der Waals surface area contributed by atoms with E-state index in [9.17, 15) is 4.79 Å². The summed E-state index contributed by atoms with van der Waals surface area (Å²) in [4.78, 5) is 14.2. The van der Waals surface area contributed by atoms with E-state index >= 15 is 0 Å². The molecule has 3 heteroatoms. The summed E-state index contributed by atoms with van der Waals surface area (Å²) in [6.07, 6.45) is 2.07. The van der Waals surface area contributed by atoms with E-state index in [2.05, 4.69) is 6.07 Å². The van der Waals surface area contributed by atoms with Gasteiger partial charge in [0.2, 0.25) is 5.91 Å². The van der Waals surface area contributed by atoms with E-state index in [0.717, 1.165) is 25.1 Å². The highest BCUT2D eigenvalue weighted by Gasteiger charge is 2.27. The van der Waals surface area contributed by atoms with Crippen LogP contribution in [0.5, 0.6) is 0 Å². The van der Waals surface area contributed by atoms with Crippen LogP contribution in [0.2, 0.25) is 0 Å². The van der Waals surface area contributed by atoms with E-state index in [4.69, 9.17) is 5.73 Å². The second-order valence-corrected chi connectivity index (χ2v) is 4.99. The number of nitrogens with two attached hydrogens (primary N) is 1. The van der Waals surface area contributed by atoms with Crippen LogP contribution in [0.3, 0.4) is 0 Å². The molecule has 3 nitrogen and oxygen atoms in total. The van der Waals surface area contributed by atoms with Gasteiger partial charge in [0.1, 0.15) is 0 Å². The normalized spacial score (nSPS) is 16.8. The first-order valence-corrected chi connectivity index (χ1v) is 6.26. The Kier molecular flexibility index (Phi) is 3.48. The highest BCUT2D eigenvalue weighted by atomic mass is 16.2. The molecule has 1 heterocycles. The summed E-state index contributed by atoms with van der Waals surface area (Å²) in [6.45, 7) is 4.76. The number of aryl methyl sites for hydroxylation is 1. The fourth-order valence-corrected chi connectivity index (χ4v) is 2.23. The van der Waals surface area contributed by atoms with Crippen LogP contribution < -0.4 is 10.6 Å². The van der Waals surface area contributed by atoms with Gasteiger partial charge in [-0.3, -0.25) is 4.79 Å². The third-order valence-electron chi connectivity index (χ3n) is 3.38. The second kappa shape index (κ2) is 4.88. The van der Waals surface area contributed by atoms with Crippen LogP contribution >= 0.6 is 0 Å². The second-order valence-electron chi connectivity index (χ2n) is 4.99. The summed E-state index contributed by atoms with van der Waals surface area (Å²) in [5, 5.41) is 0. The molecule has 2 N–H and O–H groups in total. The number of anilines is 1. The molecule has 1 amide bonds. The average Bonchev–Trinajstić information content (AvgIpc) is 2.36. The fourth-order valence-electron chi connectivity index (χ4n) is 2.23. The predicted octanol–water partition coefficient (Wildman–Crippen LogP) is 1.95. The van der Waals surface area contributed by atoms with Crippen molar-refractivity contribution in [2.24, 2.45) is 11.7 Å². The lowest BCUT2D eigenvalue weighted by molar-refractivity contribution is -0.120. The molecule has 0 bridgehead atoms. The van der Waals surface area contributed by atoms with Gasteiger partial charge in [0, 0.05) is 12.2 Å². The molecule has 1 atom stereocenters. The zero-order valence-corrected chi connectivity index (χ0v) is 10.5. The monoisotopic (exact) mass is 232 g/mol. The summed E-state index contributed by atoms with van der Waals surface area (Å²) >= 11 is 0. The molecule has 0 aromatic heterocycles. The molecule has 1 aromatic carbocycles. The van der Waals surface area contributed by atoms with E-state index in [1.165, 1.54) is 5.56 Å². The van der Waals surface area contributed by atoms with Crippen LogP contribution in [-0.4, -0.2) is 18.5 Å². The molecule has 2 rings (SSSR count). The Hall–Kier alpha value is -1.35. The number of para-hydroxylation sites is 1. The van der Waals surface area contributed by atoms with E-state index in [1.807, 2.05) is 36.9 Å². The van der Waals surface area contributed by atoms with Gasteiger partial charge in [0.25, 0.3) is 0 Å². The first kappa shape index (κ1) is 12.1. The van der Waals surface area contributed by atoms with Crippen LogP contribution in [0.15, 0.2) is 24.3 Å². The van der Waals surface area contributed by atoms with Gasteiger partial charge in [-0.25, -0.2) is 0 Å². The van der Waals surface area contributed by atoms with Crippen molar-refractivity contribution in [1.82, 2.24) is 0 Å². The molecule has 0 saturated heterocycles. The number of benzene rings is 1. The Morgan fingerprint density at radius 1 is 1.35 bits per heavy atom. The Labute approximate surface area is 103 Å². The highest BCUT2D eigenvalue weighted by Crippen LogP contribution is 2.27. The number of carbonyl (C=O) groups excluding carboxylic acids is 1. The Morgan fingerprint density at radius 2 is 2.06 bits per heavy atom. The highest BCUT2D eigenvalue weighted by molar-refractivity contribution is 5.98. The molecular weight excluding hydrogens is 212 g/mol. The van der Waals surface area contributed by atoms with Crippen molar-refractivity contribution in [2.75, 3.05) is 11.4 Å². The number of amides is 1. The topological polar surface area (TPSA) is 46.3 Å². The van der Waals surface area contributed by atoms with Crippen molar-refractivity contribution in [3.05, 3.63) is 29.8 Å². The van der Waals surface area contributed by atoms with Gasteiger partial charge in [-0.1, -0.05) is 32.0 Å². The van der Waals surface area contributed by atoms with Crippen molar-refractivity contribution >= 4 is 11.6 Å². The molecule has 92 valence electrons. The molecule has 0 aliphatic carbocycles. The molecule has 1 aliphatic heterocycles. The van der Waals surface area contributed by atoms with Crippen molar-refractivity contribution in [3.8, 4) is 0 Å². The molecule has 1 aromatic rings.